The van der Waals surface area contributed by atoms with Gasteiger partial charge >= 0.3 is 5.97 Å². The van der Waals surface area contributed by atoms with Gasteiger partial charge in [-0.3, -0.25) is 9.69 Å². The number of rotatable bonds is 6. The van der Waals surface area contributed by atoms with Crippen molar-refractivity contribution in [3.63, 3.8) is 0 Å². The van der Waals surface area contributed by atoms with Crippen LogP contribution in [0.1, 0.15) is 25.3 Å². The number of hydrogen-bond donors (Lipinski definition) is 0. The lowest BCUT2D eigenvalue weighted by Gasteiger charge is -2.37. The van der Waals surface area contributed by atoms with E-state index in [0.29, 0.717) is 25.9 Å². The first-order valence-electron chi connectivity index (χ1n) is 10.1. The summed E-state index contributed by atoms with van der Waals surface area (Å²) in [5.41, 5.74) is 0.743. The van der Waals surface area contributed by atoms with Gasteiger partial charge in [-0.05, 0) is 50.9 Å². The van der Waals surface area contributed by atoms with E-state index < -0.39 is 36.7 Å². The third-order valence-corrected chi connectivity index (χ3v) is 9.98. The lowest BCUT2D eigenvalue weighted by molar-refractivity contribution is -0.150. The van der Waals surface area contributed by atoms with E-state index in [9.17, 15) is 21.6 Å². The summed E-state index contributed by atoms with van der Waals surface area (Å²) in [4.78, 5) is 14.1. The van der Waals surface area contributed by atoms with Gasteiger partial charge in [-0.1, -0.05) is 6.07 Å². The van der Waals surface area contributed by atoms with Gasteiger partial charge in [0.15, 0.2) is 19.7 Å². The second kappa shape index (κ2) is 8.84. The number of carbonyl (C=O) groups is 1. The number of hydrogen-bond acceptors (Lipinski definition) is 8. The highest BCUT2D eigenvalue weighted by atomic mass is 32.2. The zero-order valence-corrected chi connectivity index (χ0v) is 19.2. The molecule has 8 nitrogen and oxygen atoms in total. The van der Waals surface area contributed by atoms with Crippen LogP contribution in [0.5, 0.6) is 5.75 Å². The van der Waals surface area contributed by atoms with Gasteiger partial charge in [0.25, 0.3) is 0 Å². The van der Waals surface area contributed by atoms with E-state index in [0.717, 1.165) is 5.56 Å². The lowest BCUT2D eigenvalue weighted by atomic mass is 9.96. The summed E-state index contributed by atoms with van der Waals surface area (Å²) < 4.78 is 62.5. The minimum atomic E-state index is -3.98. The highest BCUT2D eigenvalue weighted by Gasteiger charge is 2.50. The molecule has 3 atom stereocenters. The molecule has 2 heterocycles. The quantitative estimate of drug-likeness (QED) is 0.585. The fourth-order valence-corrected chi connectivity index (χ4v) is 9.44. The average molecular weight is 460 g/mol. The maximum Gasteiger partial charge on any atom is 0.310 e. The SMILES string of the molecule is CCOC(=O)C1CCCN([C@H]2CS(=O)(=O)C[C@@H]2S(=O)(=O)c2cc(C)ccc2OC)C1. The standard InChI is InChI=1S/C20H29NO7S2/c1-4-28-20(22)15-6-5-9-21(11-15)16-12-29(23,24)13-19(16)30(25,26)18-10-14(2)7-8-17(18)27-3/h7-8,10,15-16,19H,4-6,9,11-13H2,1-3H3/t15?,16-,19-/m0/s1. The summed E-state index contributed by atoms with van der Waals surface area (Å²) in [5, 5.41) is -1.11. The molecule has 1 aromatic rings. The molecule has 0 bridgehead atoms. The number of esters is 1. The predicted molar refractivity (Wildman–Crippen MR) is 112 cm³/mol. The molecule has 0 aromatic heterocycles. The van der Waals surface area contributed by atoms with Gasteiger partial charge in [-0.25, -0.2) is 16.8 Å². The Hall–Kier alpha value is -1.65. The minimum absolute atomic E-state index is 0.0102. The fraction of sp³-hybridized carbons (Fsp3) is 0.650. The van der Waals surface area contributed by atoms with Gasteiger partial charge in [0.05, 0.1) is 36.4 Å². The minimum Gasteiger partial charge on any atom is -0.495 e. The van der Waals surface area contributed by atoms with Crippen LogP contribution in [-0.2, 0) is 29.2 Å². The van der Waals surface area contributed by atoms with Crippen LogP contribution in [-0.4, -0.2) is 77.3 Å². The maximum absolute atomic E-state index is 13.6. The molecule has 10 heteroatoms. The molecule has 0 saturated carbocycles. The summed E-state index contributed by atoms with van der Waals surface area (Å²) in [6.45, 7) is 4.64. The molecule has 30 heavy (non-hydrogen) atoms. The van der Waals surface area contributed by atoms with Gasteiger partial charge in [0.2, 0.25) is 0 Å². The number of aryl methyl sites for hydroxylation is 1. The highest BCUT2D eigenvalue weighted by molar-refractivity contribution is 7.96. The zero-order chi connectivity index (χ0) is 22.1. The summed E-state index contributed by atoms with van der Waals surface area (Å²) in [7, 11) is -6.13. The number of piperidine rings is 1. The summed E-state index contributed by atoms with van der Waals surface area (Å²) in [6, 6.07) is 4.14. The largest absolute Gasteiger partial charge is 0.495 e. The Morgan fingerprint density at radius 2 is 2.00 bits per heavy atom. The number of carbonyl (C=O) groups excluding carboxylic acids is 1. The molecule has 0 N–H and O–H groups in total. The van der Waals surface area contributed by atoms with Crippen molar-refractivity contribution < 1.29 is 31.1 Å². The molecule has 2 aliphatic heterocycles. The molecule has 0 spiro atoms. The van der Waals surface area contributed by atoms with Gasteiger partial charge in [-0.2, -0.15) is 0 Å². The second-order valence-corrected chi connectivity index (χ2v) is 12.3. The number of likely N-dealkylation sites (tertiary alicyclic amines) is 1. The van der Waals surface area contributed by atoms with E-state index in [2.05, 4.69) is 0 Å². The molecule has 0 amide bonds. The van der Waals surface area contributed by atoms with Crippen LogP contribution < -0.4 is 4.74 Å². The number of methoxy groups -OCH3 is 1. The molecule has 0 aliphatic carbocycles. The van der Waals surface area contributed by atoms with Crippen molar-refractivity contribution in [1.82, 2.24) is 4.90 Å². The van der Waals surface area contributed by atoms with Crippen molar-refractivity contribution in [2.24, 2.45) is 5.92 Å². The topological polar surface area (TPSA) is 107 Å². The van der Waals surface area contributed by atoms with E-state index in [1.54, 1.807) is 26.0 Å². The molecule has 0 radical (unpaired) electrons. The summed E-state index contributed by atoms with van der Waals surface area (Å²) >= 11 is 0. The van der Waals surface area contributed by atoms with Crippen LogP contribution in [0.3, 0.4) is 0 Å². The summed E-state index contributed by atoms with van der Waals surface area (Å²) in [5.74, 6) is -1.16. The smallest absolute Gasteiger partial charge is 0.310 e. The molecular weight excluding hydrogens is 430 g/mol. The first-order valence-corrected chi connectivity index (χ1v) is 13.5. The number of benzene rings is 1. The highest BCUT2D eigenvalue weighted by Crippen LogP contribution is 2.35. The number of ether oxygens (including phenoxy) is 2. The molecule has 1 aromatic carbocycles. The average Bonchev–Trinajstić information content (AvgIpc) is 3.04. The Kier molecular flexibility index (Phi) is 6.78. The van der Waals surface area contributed by atoms with E-state index in [1.165, 1.54) is 13.2 Å². The van der Waals surface area contributed by atoms with Gasteiger partial charge in [0, 0.05) is 12.6 Å². The van der Waals surface area contributed by atoms with Gasteiger partial charge in [0.1, 0.15) is 10.6 Å². The van der Waals surface area contributed by atoms with Crippen LogP contribution in [0.15, 0.2) is 23.1 Å². The Morgan fingerprint density at radius 1 is 1.27 bits per heavy atom. The Morgan fingerprint density at radius 3 is 2.67 bits per heavy atom. The van der Waals surface area contributed by atoms with Crippen molar-refractivity contribution >= 4 is 25.6 Å². The second-order valence-electron chi connectivity index (χ2n) is 7.97. The Balaban J connectivity index is 1.95. The van der Waals surface area contributed by atoms with E-state index in [-0.39, 0.29) is 34.9 Å². The van der Waals surface area contributed by atoms with Crippen LogP contribution in [0.2, 0.25) is 0 Å². The number of nitrogens with zero attached hydrogens (tertiary/aromatic N) is 1. The molecule has 2 saturated heterocycles. The van der Waals surface area contributed by atoms with Crippen molar-refractivity contribution in [1.29, 1.82) is 0 Å². The lowest BCUT2D eigenvalue weighted by Crippen LogP contribution is -2.51. The molecule has 1 unspecified atom stereocenters. The van der Waals surface area contributed by atoms with Crippen LogP contribution in [0.25, 0.3) is 0 Å². The molecule has 3 rings (SSSR count). The van der Waals surface area contributed by atoms with E-state index >= 15 is 0 Å². The molecular formula is C20H29NO7S2. The van der Waals surface area contributed by atoms with Crippen molar-refractivity contribution in [3.05, 3.63) is 23.8 Å². The Labute approximate surface area is 178 Å². The Bertz CT molecular complexity index is 1000. The van der Waals surface area contributed by atoms with E-state index in [1.807, 2.05) is 4.90 Å². The van der Waals surface area contributed by atoms with Crippen LogP contribution in [0.4, 0.5) is 0 Å². The fourth-order valence-electron chi connectivity index (χ4n) is 4.36. The first kappa shape index (κ1) is 23.0. The molecule has 2 fully saturated rings. The molecule has 2 aliphatic rings. The van der Waals surface area contributed by atoms with Crippen molar-refractivity contribution in [2.45, 2.75) is 42.9 Å². The maximum atomic E-state index is 13.6. The van der Waals surface area contributed by atoms with E-state index in [4.69, 9.17) is 9.47 Å². The monoisotopic (exact) mass is 459 g/mol. The van der Waals surface area contributed by atoms with Crippen molar-refractivity contribution in [2.75, 3.05) is 38.3 Å². The van der Waals surface area contributed by atoms with Gasteiger partial charge < -0.3 is 9.47 Å². The zero-order valence-electron chi connectivity index (χ0n) is 17.5. The third kappa shape index (κ3) is 4.65. The first-order chi connectivity index (χ1) is 14.1. The molecule has 168 valence electrons. The number of sulfone groups is 2. The van der Waals surface area contributed by atoms with Crippen LogP contribution in [0, 0.1) is 12.8 Å². The van der Waals surface area contributed by atoms with Gasteiger partial charge in [-0.15, -0.1) is 0 Å². The van der Waals surface area contributed by atoms with Crippen LogP contribution >= 0.6 is 0 Å². The predicted octanol–water partition coefficient (Wildman–Crippen LogP) is 1.22. The van der Waals surface area contributed by atoms with Crippen molar-refractivity contribution in [3.8, 4) is 5.75 Å². The third-order valence-electron chi connectivity index (χ3n) is 5.84. The summed E-state index contributed by atoms with van der Waals surface area (Å²) in [6.07, 6.45) is 1.33. The normalized spacial score (nSPS) is 27.0.